The van der Waals surface area contributed by atoms with Gasteiger partial charge in [-0.15, -0.1) is 0 Å². The molecular weight excluding hydrogens is 228 g/mol. The van der Waals surface area contributed by atoms with Gasteiger partial charge in [-0.25, -0.2) is 0 Å². The largest absolute Gasteiger partial charge is 0.384 e. The first-order valence-electron chi connectivity index (χ1n) is 5.87. The summed E-state index contributed by atoms with van der Waals surface area (Å²) in [5, 5.41) is 7.28. The highest BCUT2D eigenvalue weighted by molar-refractivity contribution is 5.98. The molecule has 0 radical (unpaired) electrons. The second-order valence-electron chi connectivity index (χ2n) is 4.47. The highest BCUT2D eigenvalue weighted by atomic mass is 16.1. The van der Waals surface area contributed by atoms with Crippen molar-refractivity contribution in [3.05, 3.63) is 29.8 Å². The summed E-state index contributed by atoms with van der Waals surface area (Å²) >= 11 is 0. The van der Waals surface area contributed by atoms with Gasteiger partial charge in [-0.05, 0) is 12.0 Å². The van der Waals surface area contributed by atoms with Gasteiger partial charge in [0, 0.05) is 25.1 Å². The van der Waals surface area contributed by atoms with Crippen LogP contribution in [0.2, 0.25) is 0 Å². The van der Waals surface area contributed by atoms with Crippen molar-refractivity contribution in [1.82, 2.24) is 9.78 Å². The first kappa shape index (κ1) is 10.8. The third-order valence-corrected chi connectivity index (χ3v) is 3.23. The third-order valence-electron chi connectivity index (χ3n) is 3.23. The average Bonchev–Trinajstić information content (AvgIpc) is 2.68. The molecule has 2 heterocycles. The zero-order chi connectivity index (χ0) is 12.7. The molecule has 0 spiro atoms. The first-order chi connectivity index (χ1) is 8.65. The molecule has 5 heteroatoms. The number of aromatic nitrogens is 2. The maximum absolute atomic E-state index is 11.5. The van der Waals surface area contributed by atoms with Gasteiger partial charge in [0.1, 0.15) is 5.82 Å². The van der Waals surface area contributed by atoms with E-state index in [-0.39, 0.29) is 5.91 Å². The molecule has 3 N–H and O–H groups in total. The van der Waals surface area contributed by atoms with Gasteiger partial charge in [-0.1, -0.05) is 18.2 Å². The van der Waals surface area contributed by atoms with E-state index in [9.17, 15) is 4.79 Å². The highest BCUT2D eigenvalue weighted by Gasteiger charge is 2.19. The molecule has 18 heavy (non-hydrogen) atoms. The number of benzene rings is 1. The van der Waals surface area contributed by atoms with Gasteiger partial charge in [-0.2, -0.15) is 5.10 Å². The van der Waals surface area contributed by atoms with Crippen molar-refractivity contribution >= 4 is 17.4 Å². The van der Waals surface area contributed by atoms with Gasteiger partial charge in [0.05, 0.1) is 11.4 Å². The summed E-state index contributed by atoms with van der Waals surface area (Å²) in [6, 6.07) is 7.78. The number of hydrogen-bond acceptors (Lipinski definition) is 3. The van der Waals surface area contributed by atoms with E-state index in [4.69, 9.17) is 5.73 Å². The van der Waals surface area contributed by atoms with Crippen molar-refractivity contribution in [3.63, 3.8) is 0 Å². The molecular formula is C13H14N4O. The number of para-hydroxylation sites is 1. The van der Waals surface area contributed by atoms with E-state index in [1.165, 1.54) is 0 Å². The Morgan fingerprint density at radius 3 is 2.94 bits per heavy atom. The number of nitrogens with zero attached hydrogens (tertiary/aromatic N) is 2. The number of carbonyl (C=O) groups is 1. The number of aryl methyl sites for hydroxylation is 2. The zero-order valence-electron chi connectivity index (χ0n) is 10.1. The van der Waals surface area contributed by atoms with Gasteiger partial charge in [0.25, 0.3) is 0 Å². The standard InChI is InChI=1S/C13H14N4O/c1-17-11(14)7-10(16-17)9-4-2-3-8-5-6-12(18)15-13(8)9/h2-4,7H,5-6,14H2,1H3,(H,15,18). The smallest absolute Gasteiger partial charge is 0.224 e. The van der Waals surface area contributed by atoms with Crippen molar-refractivity contribution in [2.24, 2.45) is 7.05 Å². The summed E-state index contributed by atoms with van der Waals surface area (Å²) in [6.45, 7) is 0. The van der Waals surface area contributed by atoms with E-state index in [2.05, 4.69) is 10.4 Å². The lowest BCUT2D eigenvalue weighted by Gasteiger charge is -2.19. The minimum atomic E-state index is 0.0545. The monoisotopic (exact) mass is 242 g/mol. The van der Waals surface area contributed by atoms with E-state index >= 15 is 0 Å². The van der Waals surface area contributed by atoms with Crippen molar-refractivity contribution in [2.75, 3.05) is 11.1 Å². The van der Waals surface area contributed by atoms with E-state index in [1.807, 2.05) is 24.3 Å². The summed E-state index contributed by atoms with van der Waals surface area (Å²) in [7, 11) is 1.80. The Hall–Kier alpha value is -2.30. The molecule has 0 saturated heterocycles. The quantitative estimate of drug-likeness (QED) is 0.797. The second kappa shape index (κ2) is 3.87. The Kier molecular flexibility index (Phi) is 2.33. The van der Waals surface area contributed by atoms with Gasteiger partial charge >= 0.3 is 0 Å². The molecule has 3 rings (SSSR count). The Bertz CT molecular complexity index is 610. The molecule has 0 unspecified atom stereocenters. The molecule has 92 valence electrons. The lowest BCUT2D eigenvalue weighted by Crippen LogP contribution is -2.19. The minimum Gasteiger partial charge on any atom is -0.384 e. The van der Waals surface area contributed by atoms with Gasteiger partial charge in [-0.3, -0.25) is 9.48 Å². The summed E-state index contributed by atoms with van der Waals surface area (Å²) in [5.41, 5.74) is 9.52. The fourth-order valence-electron chi connectivity index (χ4n) is 2.23. The Labute approximate surface area is 105 Å². The molecule has 0 bridgehead atoms. The van der Waals surface area contributed by atoms with Crippen LogP contribution < -0.4 is 11.1 Å². The van der Waals surface area contributed by atoms with Crippen LogP contribution in [-0.4, -0.2) is 15.7 Å². The maximum atomic E-state index is 11.5. The van der Waals surface area contributed by atoms with Crippen LogP contribution in [0.15, 0.2) is 24.3 Å². The lowest BCUT2D eigenvalue weighted by molar-refractivity contribution is -0.116. The van der Waals surface area contributed by atoms with Crippen LogP contribution in [0, 0.1) is 0 Å². The molecule has 1 aliphatic heterocycles. The Morgan fingerprint density at radius 2 is 2.22 bits per heavy atom. The van der Waals surface area contributed by atoms with Crippen molar-refractivity contribution in [1.29, 1.82) is 0 Å². The Balaban J connectivity index is 2.15. The second-order valence-corrected chi connectivity index (χ2v) is 4.47. The number of anilines is 2. The highest BCUT2D eigenvalue weighted by Crippen LogP contribution is 2.33. The van der Waals surface area contributed by atoms with Crippen molar-refractivity contribution < 1.29 is 4.79 Å². The number of nitrogen functional groups attached to an aromatic ring is 1. The number of amides is 1. The number of nitrogens with one attached hydrogen (secondary N) is 1. The molecule has 1 aliphatic rings. The molecule has 0 fully saturated rings. The molecule has 0 aliphatic carbocycles. The third kappa shape index (κ3) is 1.64. The molecule has 1 aromatic carbocycles. The van der Waals surface area contributed by atoms with Crippen LogP contribution in [0.4, 0.5) is 11.5 Å². The topological polar surface area (TPSA) is 72.9 Å². The molecule has 1 amide bonds. The summed E-state index contributed by atoms with van der Waals surface area (Å²) in [6.07, 6.45) is 1.32. The number of nitrogens with two attached hydrogens (primary N) is 1. The van der Waals surface area contributed by atoms with Crippen LogP contribution in [0.1, 0.15) is 12.0 Å². The van der Waals surface area contributed by atoms with Crippen molar-refractivity contribution in [2.45, 2.75) is 12.8 Å². The van der Waals surface area contributed by atoms with E-state index in [1.54, 1.807) is 11.7 Å². The first-order valence-corrected chi connectivity index (χ1v) is 5.87. The van der Waals surface area contributed by atoms with Crippen LogP contribution in [0.3, 0.4) is 0 Å². The summed E-state index contributed by atoms with van der Waals surface area (Å²) < 4.78 is 1.62. The molecule has 1 aromatic heterocycles. The normalized spacial score (nSPS) is 14.2. The van der Waals surface area contributed by atoms with Gasteiger partial charge in [0.2, 0.25) is 5.91 Å². The molecule has 5 nitrogen and oxygen atoms in total. The average molecular weight is 242 g/mol. The number of hydrogen-bond donors (Lipinski definition) is 2. The van der Waals surface area contributed by atoms with Gasteiger partial charge in [0.15, 0.2) is 0 Å². The van der Waals surface area contributed by atoms with Crippen LogP contribution in [0.25, 0.3) is 11.3 Å². The predicted molar refractivity (Wildman–Crippen MR) is 70.0 cm³/mol. The van der Waals surface area contributed by atoms with Crippen LogP contribution in [-0.2, 0) is 18.3 Å². The van der Waals surface area contributed by atoms with E-state index < -0.39 is 0 Å². The SMILES string of the molecule is Cn1nc(-c2cccc3c2NC(=O)CC3)cc1N. The molecule has 2 aromatic rings. The lowest BCUT2D eigenvalue weighted by atomic mass is 9.97. The van der Waals surface area contributed by atoms with E-state index in [0.717, 1.165) is 28.9 Å². The number of carbonyl (C=O) groups excluding carboxylic acids is 1. The summed E-state index contributed by atoms with van der Waals surface area (Å²) in [4.78, 5) is 11.5. The van der Waals surface area contributed by atoms with Crippen molar-refractivity contribution in [3.8, 4) is 11.3 Å². The Morgan fingerprint density at radius 1 is 1.39 bits per heavy atom. The summed E-state index contributed by atoms with van der Waals surface area (Å²) in [5.74, 6) is 0.656. The predicted octanol–water partition coefficient (Wildman–Crippen LogP) is 1.55. The van der Waals surface area contributed by atoms with E-state index in [0.29, 0.717) is 12.2 Å². The maximum Gasteiger partial charge on any atom is 0.224 e. The van der Waals surface area contributed by atoms with Crippen LogP contribution >= 0.6 is 0 Å². The van der Waals surface area contributed by atoms with Crippen LogP contribution in [0.5, 0.6) is 0 Å². The zero-order valence-corrected chi connectivity index (χ0v) is 10.1. The molecule has 0 saturated carbocycles. The fraction of sp³-hybridized carbons (Fsp3) is 0.231. The molecule has 0 atom stereocenters. The fourth-order valence-corrected chi connectivity index (χ4v) is 2.23. The number of fused-ring (bicyclic) bond motifs is 1. The number of rotatable bonds is 1. The minimum absolute atomic E-state index is 0.0545. The van der Waals surface area contributed by atoms with Gasteiger partial charge < -0.3 is 11.1 Å².